The second-order valence-electron chi connectivity index (χ2n) is 4.83. The molecule has 0 saturated heterocycles. The zero-order chi connectivity index (χ0) is 17.0. The number of para-hydroxylation sites is 1. The van der Waals surface area contributed by atoms with Gasteiger partial charge in [0.15, 0.2) is 23.0 Å². The Kier molecular flexibility index (Phi) is 4.95. The Balaban J connectivity index is 2.02. The highest BCUT2D eigenvalue weighted by molar-refractivity contribution is 5.94. The van der Waals surface area contributed by atoms with Gasteiger partial charge in [0.2, 0.25) is 0 Å². The second kappa shape index (κ2) is 6.91. The lowest BCUT2D eigenvalue weighted by molar-refractivity contribution is -0.141. The number of carboxylic acid groups (broad SMARTS) is 1. The van der Waals surface area contributed by atoms with E-state index in [4.69, 9.17) is 14.4 Å². The standard InChI is InChI=1S/C15H15FN2O5/c1-9(15(20)21)18(2)14(19)12-7-10(23-17-12)8-22-13-6-4-3-5-11(13)16/h3-7,9H,8H2,1-2H3,(H,20,21). The van der Waals surface area contributed by atoms with Crippen LogP contribution in [0.1, 0.15) is 23.2 Å². The Hall–Kier alpha value is -2.90. The van der Waals surface area contributed by atoms with Gasteiger partial charge in [-0.05, 0) is 19.1 Å². The van der Waals surface area contributed by atoms with Crippen molar-refractivity contribution in [3.05, 3.63) is 47.6 Å². The van der Waals surface area contributed by atoms with Gasteiger partial charge in [0.1, 0.15) is 12.6 Å². The largest absolute Gasteiger partial charge is 0.482 e. The summed E-state index contributed by atoms with van der Waals surface area (Å²) < 4.78 is 23.6. The van der Waals surface area contributed by atoms with E-state index in [0.29, 0.717) is 0 Å². The topological polar surface area (TPSA) is 92.9 Å². The maximum Gasteiger partial charge on any atom is 0.326 e. The molecule has 2 aromatic rings. The maximum absolute atomic E-state index is 13.4. The van der Waals surface area contributed by atoms with E-state index in [0.717, 1.165) is 4.90 Å². The number of likely N-dealkylation sites (N-methyl/N-ethyl adjacent to an activating group) is 1. The van der Waals surface area contributed by atoms with Crippen molar-refractivity contribution in [1.29, 1.82) is 0 Å². The molecule has 0 fully saturated rings. The monoisotopic (exact) mass is 322 g/mol. The van der Waals surface area contributed by atoms with Crippen LogP contribution in [0.5, 0.6) is 5.75 Å². The molecule has 122 valence electrons. The first-order valence-electron chi connectivity index (χ1n) is 6.73. The minimum Gasteiger partial charge on any atom is -0.482 e. The fourth-order valence-electron chi connectivity index (χ4n) is 1.71. The van der Waals surface area contributed by atoms with E-state index in [1.807, 2.05) is 0 Å². The van der Waals surface area contributed by atoms with Crippen LogP contribution in [0, 0.1) is 5.82 Å². The minimum atomic E-state index is -1.13. The summed E-state index contributed by atoms with van der Waals surface area (Å²) in [7, 11) is 1.35. The van der Waals surface area contributed by atoms with Crippen LogP contribution in [0.4, 0.5) is 4.39 Å². The number of ether oxygens (including phenoxy) is 1. The number of hydrogen-bond acceptors (Lipinski definition) is 5. The number of aromatic nitrogens is 1. The molecule has 8 heteroatoms. The fraction of sp³-hybridized carbons (Fsp3) is 0.267. The summed E-state index contributed by atoms with van der Waals surface area (Å²) in [5.74, 6) is -1.98. The molecule has 7 nitrogen and oxygen atoms in total. The predicted octanol–water partition coefficient (Wildman–Crippen LogP) is 1.94. The maximum atomic E-state index is 13.4. The lowest BCUT2D eigenvalue weighted by Crippen LogP contribution is -2.40. The quantitative estimate of drug-likeness (QED) is 0.873. The first-order valence-corrected chi connectivity index (χ1v) is 6.73. The number of rotatable bonds is 6. The van der Waals surface area contributed by atoms with Crippen LogP contribution >= 0.6 is 0 Å². The number of carbonyl (C=O) groups excluding carboxylic acids is 1. The molecule has 1 heterocycles. The lowest BCUT2D eigenvalue weighted by Gasteiger charge is -2.19. The molecule has 1 aromatic heterocycles. The summed E-state index contributed by atoms with van der Waals surface area (Å²) in [4.78, 5) is 24.0. The van der Waals surface area contributed by atoms with Crippen molar-refractivity contribution in [2.75, 3.05) is 7.05 Å². The zero-order valence-electron chi connectivity index (χ0n) is 12.5. The molecule has 0 aliphatic heterocycles. The van der Waals surface area contributed by atoms with Crippen molar-refractivity contribution in [2.45, 2.75) is 19.6 Å². The van der Waals surface area contributed by atoms with Crippen molar-refractivity contribution in [2.24, 2.45) is 0 Å². The molecule has 0 radical (unpaired) electrons. The number of nitrogens with zero attached hydrogens (tertiary/aromatic N) is 2. The van der Waals surface area contributed by atoms with Gasteiger partial charge in [-0.3, -0.25) is 4.79 Å². The van der Waals surface area contributed by atoms with Gasteiger partial charge >= 0.3 is 5.97 Å². The van der Waals surface area contributed by atoms with Crippen LogP contribution in [0.25, 0.3) is 0 Å². The SMILES string of the molecule is CC(C(=O)O)N(C)C(=O)c1cc(COc2ccccc2F)on1. The van der Waals surface area contributed by atoms with Crippen molar-refractivity contribution < 1.29 is 28.3 Å². The normalized spacial score (nSPS) is 11.8. The number of amides is 1. The third-order valence-electron chi connectivity index (χ3n) is 3.24. The van der Waals surface area contributed by atoms with E-state index < -0.39 is 23.7 Å². The van der Waals surface area contributed by atoms with Gasteiger partial charge in [-0.2, -0.15) is 0 Å². The summed E-state index contributed by atoms with van der Waals surface area (Å²) in [6.07, 6.45) is 0. The molecule has 0 aliphatic rings. The second-order valence-corrected chi connectivity index (χ2v) is 4.83. The number of hydrogen-bond donors (Lipinski definition) is 1. The van der Waals surface area contributed by atoms with Crippen LogP contribution in [-0.2, 0) is 11.4 Å². The highest BCUT2D eigenvalue weighted by Crippen LogP contribution is 2.17. The summed E-state index contributed by atoms with van der Waals surface area (Å²) >= 11 is 0. The Morgan fingerprint density at radius 1 is 1.43 bits per heavy atom. The van der Waals surface area contributed by atoms with E-state index in [-0.39, 0.29) is 23.8 Å². The number of aliphatic carboxylic acids is 1. The fourth-order valence-corrected chi connectivity index (χ4v) is 1.71. The number of carbonyl (C=O) groups is 2. The van der Waals surface area contributed by atoms with Crippen LogP contribution in [0.2, 0.25) is 0 Å². The van der Waals surface area contributed by atoms with Gasteiger partial charge in [-0.15, -0.1) is 0 Å². The average molecular weight is 322 g/mol. The van der Waals surface area contributed by atoms with Gasteiger partial charge in [0.05, 0.1) is 0 Å². The predicted molar refractivity (Wildman–Crippen MR) is 76.4 cm³/mol. The molecule has 0 bridgehead atoms. The molecular weight excluding hydrogens is 307 g/mol. The summed E-state index contributed by atoms with van der Waals surface area (Å²) in [5.41, 5.74) is -0.0484. The Bertz CT molecular complexity index is 715. The smallest absolute Gasteiger partial charge is 0.326 e. The third kappa shape index (κ3) is 3.85. The number of benzene rings is 1. The Morgan fingerprint density at radius 3 is 2.78 bits per heavy atom. The first kappa shape index (κ1) is 16.5. The molecular formula is C15H15FN2O5. The summed E-state index contributed by atoms with van der Waals surface area (Å²) in [6.45, 7) is 1.27. The van der Waals surface area contributed by atoms with Crippen LogP contribution in [0.15, 0.2) is 34.9 Å². The molecule has 0 spiro atoms. The third-order valence-corrected chi connectivity index (χ3v) is 3.24. The van der Waals surface area contributed by atoms with E-state index in [2.05, 4.69) is 5.16 Å². The Morgan fingerprint density at radius 2 is 2.13 bits per heavy atom. The molecule has 1 aromatic carbocycles. The zero-order valence-corrected chi connectivity index (χ0v) is 12.5. The summed E-state index contributed by atoms with van der Waals surface area (Å²) in [5, 5.41) is 12.5. The van der Waals surface area contributed by atoms with Crippen LogP contribution in [-0.4, -0.2) is 40.1 Å². The highest BCUT2D eigenvalue weighted by atomic mass is 19.1. The average Bonchev–Trinajstić information content (AvgIpc) is 3.00. The molecule has 23 heavy (non-hydrogen) atoms. The van der Waals surface area contributed by atoms with Gasteiger partial charge in [0.25, 0.3) is 5.91 Å². The number of halogens is 1. The van der Waals surface area contributed by atoms with Gasteiger partial charge in [-0.1, -0.05) is 17.3 Å². The van der Waals surface area contributed by atoms with Crippen LogP contribution in [0.3, 0.4) is 0 Å². The van der Waals surface area contributed by atoms with Crippen LogP contribution < -0.4 is 4.74 Å². The van der Waals surface area contributed by atoms with Crippen molar-refractivity contribution in [3.8, 4) is 5.75 Å². The summed E-state index contributed by atoms with van der Waals surface area (Å²) in [6, 6.07) is 6.20. The molecule has 1 N–H and O–H groups in total. The molecule has 2 rings (SSSR count). The Labute approximate surface area is 131 Å². The van der Waals surface area contributed by atoms with Gasteiger partial charge in [-0.25, -0.2) is 9.18 Å². The van der Waals surface area contributed by atoms with Gasteiger partial charge in [0, 0.05) is 13.1 Å². The highest BCUT2D eigenvalue weighted by Gasteiger charge is 2.25. The van der Waals surface area contributed by atoms with E-state index in [1.54, 1.807) is 6.07 Å². The molecule has 0 saturated carbocycles. The van der Waals surface area contributed by atoms with Crippen molar-refractivity contribution in [1.82, 2.24) is 10.1 Å². The van der Waals surface area contributed by atoms with Crippen molar-refractivity contribution in [3.63, 3.8) is 0 Å². The van der Waals surface area contributed by atoms with E-state index in [9.17, 15) is 14.0 Å². The first-order chi connectivity index (χ1) is 10.9. The molecule has 0 aliphatic carbocycles. The molecule has 1 amide bonds. The van der Waals surface area contributed by atoms with E-state index >= 15 is 0 Å². The van der Waals surface area contributed by atoms with Gasteiger partial charge < -0.3 is 19.3 Å². The molecule has 1 atom stereocenters. The molecule has 1 unspecified atom stereocenters. The van der Waals surface area contributed by atoms with E-state index in [1.165, 1.54) is 38.2 Å². The number of carboxylic acids is 1. The van der Waals surface area contributed by atoms with Crippen molar-refractivity contribution >= 4 is 11.9 Å². The lowest BCUT2D eigenvalue weighted by atomic mass is 10.2. The minimum absolute atomic E-state index is 0.0484.